The van der Waals surface area contributed by atoms with Crippen molar-refractivity contribution < 1.29 is 32.6 Å². The zero-order chi connectivity index (χ0) is 19.3. The maximum atomic E-state index is 12.3. The molecule has 1 saturated heterocycles. The van der Waals surface area contributed by atoms with Crippen molar-refractivity contribution in [2.75, 3.05) is 26.8 Å². The highest BCUT2D eigenvalue weighted by Crippen LogP contribution is 2.29. The van der Waals surface area contributed by atoms with Gasteiger partial charge in [0.15, 0.2) is 18.1 Å². The van der Waals surface area contributed by atoms with E-state index >= 15 is 0 Å². The molecule has 0 bridgehead atoms. The highest BCUT2D eigenvalue weighted by molar-refractivity contribution is 5.92. The molecule has 1 amide bonds. The number of ether oxygens (including phenoxy) is 3. The Kier molecular flexibility index (Phi) is 6.76. The zero-order valence-electron chi connectivity index (χ0n) is 15.0. The molecule has 0 N–H and O–H groups in total. The lowest BCUT2D eigenvalue weighted by atomic mass is 9.92. The number of esters is 1. The van der Waals surface area contributed by atoms with Gasteiger partial charge in [0, 0.05) is 13.1 Å². The molecule has 1 aromatic rings. The number of amides is 1. The minimum atomic E-state index is -3.01. The van der Waals surface area contributed by atoms with Crippen molar-refractivity contribution in [1.82, 2.24) is 4.90 Å². The second kappa shape index (κ2) is 8.82. The molecule has 144 valence electrons. The van der Waals surface area contributed by atoms with Gasteiger partial charge in [-0.2, -0.15) is 8.78 Å². The van der Waals surface area contributed by atoms with Gasteiger partial charge in [0.2, 0.25) is 0 Å². The summed E-state index contributed by atoms with van der Waals surface area (Å²) in [7, 11) is 1.27. The third-order valence-corrected chi connectivity index (χ3v) is 4.16. The number of hydrogen-bond acceptors (Lipinski definition) is 5. The quantitative estimate of drug-likeness (QED) is 0.720. The van der Waals surface area contributed by atoms with E-state index in [1.807, 2.05) is 0 Å². The number of benzene rings is 1. The summed E-state index contributed by atoms with van der Waals surface area (Å²) in [6, 6.07) is 3.70. The van der Waals surface area contributed by atoms with E-state index in [0.717, 1.165) is 6.42 Å². The predicted molar refractivity (Wildman–Crippen MR) is 89.4 cm³/mol. The van der Waals surface area contributed by atoms with E-state index in [9.17, 15) is 18.4 Å². The molecule has 0 aliphatic carbocycles. The summed E-state index contributed by atoms with van der Waals surface area (Å²) in [6.07, 6.45) is 1.07. The number of piperidine rings is 1. The molecule has 1 aliphatic heterocycles. The first-order valence-corrected chi connectivity index (χ1v) is 8.38. The molecular formula is C18H23F2NO5. The fraction of sp³-hybridized carbons (Fsp3) is 0.556. The van der Waals surface area contributed by atoms with Crippen molar-refractivity contribution in [2.24, 2.45) is 11.8 Å². The van der Waals surface area contributed by atoms with E-state index in [1.54, 1.807) is 4.90 Å². The molecule has 0 radical (unpaired) electrons. The lowest BCUT2D eigenvalue weighted by molar-refractivity contribution is -0.137. The van der Waals surface area contributed by atoms with E-state index in [2.05, 4.69) is 18.6 Å². The van der Waals surface area contributed by atoms with Crippen LogP contribution in [0.4, 0.5) is 8.78 Å². The fourth-order valence-electron chi connectivity index (χ4n) is 3.16. The fourth-order valence-corrected chi connectivity index (χ4v) is 3.16. The van der Waals surface area contributed by atoms with E-state index in [-0.39, 0.29) is 29.6 Å². The van der Waals surface area contributed by atoms with Crippen LogP contribution < -0.4 is 9.47 Å². The van der Waals surface area contributed by atoms with Gasteiger partial charge in [-0.3, -0.25) is 4.79 Å². The van der Waals surface area contributed by atoms with Crippen molar-refractivity contribution in [3.8, 4) is 11.5 Å². The second-order valence-electron chi connectivity index (χ2n) is 6.57. The molecule has 1 heterocycles. The summed E-state index contributed by atoms with van der Waals surface area (Å²) < 4.78 is 38.9. The smallest absolute Gasteiger partial charge is 0.387 e. The van der Waals surface area contributed by atoms with Gasteiger partial charge in [-0.1, -0.05) is 13.8 Å². The van der Waals surface area contributed by atoms with Crippen LogP contribution in [0, 0.1) is 11.8 Å². The SMILES string of the molecule is COc1cc(C(=O)OCC(=O)N2C[C@H](C)C[C@@H](C)C2)ccc1OC(F)F. The number of rotatable bonds is 6. The minimum absolute atomic E-state index is 0.0234. The van der Waals surface area contributed by atoms with Crippen molar-refractivity contribution in [3.63, 3.8) is 0 Å². The number of nitrogens with zero attached hydrogens (tertiary/aromatic N) is 1. The highest BCUT2D eigenvalue weighted by Gasteiger charge is 2.26. The minimum Gasteiger partial charge on any atom is -0.493 e. The van der Waals surface area contributed by atoms with Crippen LogP contribution >= 0.6 is 0 Å². The van der Waals surface area contributed by atoms with Gasteiger partial charge < -0.3 is 19.1 Å². The summed E-state index contributed by atoms with van der Waals surface area (Å²) in [5.41, 5.74) is 0.0802. The average Bonchev–Trinajstić information content (AvgIpc) is 2.58. The van der Waals surface area contributed by atoms with E-state index in [4.69, 9.17) is 9.47 Å². The van der Waals surface area contributed by atoms with Crippen LogP contribution in [0.1, 0.15) is 30.6 Å². The Morgan fingerprint density at radius 1 is 1.19 bits per heavy atom. The summed E-state index contributed by atoms with van der Waals surface area (Å²) in [5.74, 6) is -0.383. The van der Waals surface area contributed by atoms with Crippen LogP contribution in [0.15, 0.2) is 18.2 Å². The molecule has 1 fully saturated rings. The summed E-state index contributed by atoms with van der Waals surface area (Å²) in [4.78, 5) is 26.1. The first-order chi connectivity index (χ1) is 12.3. The van der Waals surface area contributed by atoms with Crippen molar-refractivity contribution in [1.29, 1.82) is 0 Å². The second-order valence-corrected chi connectivity index (χ2v) is 6.57. The topological polar surface area (TPSA) is 65.1 Å². The maximum Gasteiger partial charge on any atom is 0.387 e. The van der Waals surface area contributed by atoms with E-state index in [0.29, 0.717) is 24.9 Å². The summed E-state index contributed by atoms with van der Waals surface area (Å²) in [6.45, 7) is 2.08. The Bertz CT molecular complexity index is 642. The Balaban J connectivity index is 1.96. The summed E-state index contributed by atoms with van der Waals surface area (Å²) in [5, 5.41) is 0. The highest BCUT2D eigenvalue weighted by atomic mass is 19.3. The number of methoxy groups -OCH3 is 1. The molecule has 6 nitrogen and oxygen atoms in total. The number of carbonyl (C=O) groups excluding carboxylic acids is 2. The molecule has 0 saturated carbocycles. The number of likely N-dealkylation sites (tertiary alicyclic amines) is 1. The molecule has 2 rings (SSSR count). The zero-order valence-corrected chi connectivity index (χ0v) is 15.0. The third kappa shape index (κ3) is 5.31. The lowest BCUT2D eigenvalue weighted by Gasteiger charge is -2.34. The van der Waals surface area contributed by atoms with E-state index < -0.39 is 12.6 Å². The largest absolute Gasteiger partial charge is 0.493 e. The monoisotopic (exact) mass is 371 g/mol. The van der Waals surface area contributed by atoms with Gasteiger partial charge in [0.05, 0.1) is 12.7 Å². The molecule has 26 heavy (non-hydrogen) atoms. The molecule has 0 aromatic heterocycles. The number of alkyl halides is 2. The molecule has 0 unspecified atom stereocenters. The first-order valence-electron chi connectivity index (χ1n) is 8.38. The molecule has 1 aromatic carbocycles. The Morgan fingerprint density at radius 2 is 1.85 bits per heavy atom. The van der Waals surface area contributed by atoms with Gasteiger partial charge >= 0.3 is 12.6 Å². The number of carbonyl (C=O) groups is 2. The number of halogens is 2. The van der Waals surface area contributed by atoms with Gasteiger partial charge in [0.25, 0.3) is 5.91 Å². The van der Waals surface area contributed by atoms with Crippen LogP contribution in [-0.4, -0.2) is 50.2 Å². The molecular weight excluding hydrogens is 348 g/mol. The Hall–Kier alpha value is -2.38. The first kappa shape index (κ1) is 19.9. The standard InChI is InChI=1S/C18H23F2NO5/c1-11-6-12(2)9-21(8-11)16(22)10-25-17(23)13-4-5-14(26-18(19)20)15(7-13)24-3/h4-5,7,11-12,18H,6,8-10H2,1-3H3/t11-,12-/m1/s1. The van der Waals surface area contributed by atoms with Crippen LogP contribution in [0.5, 0.6) is 11.5 Å². The van der Waals surface area contributed by atoms with Crippen LogP contribution in [0.3, 0.4) is 0 Å². The van der Waals surface area contributed by atoms with Crippen LogP contribution in [-0.2, 0) is 9.53 Å². The maximum absolute atomic E-state index is 12.3. The van der Waals surface area contributed by atoms with Crippen LogP contribution in [0.2, 0.25) is 0 Å². The van der Waals surface area contributed by atoms with Crippen LogP contribution in [0.25, 0.3) is 0 Å². The van der Waals surface area contributed by atoms with Gasteiger partial charge in [-0.25, -0.2) is 4.79 Å². The van der Waals surface area contributed by atoms with Crippen molar-refractivity contribution in [2.45, 2.75) is 26.9 Å². The third-order valence-electron chi connectivity index (χ3n) is 4.16. The van der Waals surface area contributed by atoms with Gasteiger partial charge in [-0.15, -0.1) is 0 Å². The normalized spacial score (nSPS) is 20.0. The summed E-state index contributed by atoms with van der Waals surface area (Å²) >= 11 is 0. The Morgan fingerprint density at radius 3 is 2.42 bits per heavy atom. The molecule has 0 spiro atoms. The van der Waals surface area contributed by atoms with Gasteiger partial charge in [-0.05, 0) is 36.5 Å². The molecule has 2 atom stereocenters. The average molecular weight is 371 g/mol. The van der Waals surface area contributed by atoms with Crippen molar-refractivity contribution >= 4 is 11.9 Å². The predicted octanol–water partition coefficient (Wildman–Crippen LogP) is 2.96. The van der Waals surface area contributed by atoms with Crippen molar-refractivity contribution in [3.05, 3.63) is 23.8 Å². The lowest BCUT2D eigenvalue weighted by Crippen LogP contribution is -2.44. The molecule has 1 aliphatic rings. The van der Waals surface area contributed by atoms with E-state index in [1.165, 1.54) is 25.3 Å². The number of hydrogen-bond donors (Lipinski definition) is 0. The van der Waals surface area contributed by atoms with Gasteiger partial charge in [0.1, 0.15) is 0 Å². The Labute approximate surface area is 151 Å². The molecule has 8 heteroatoms.